The van der Waals surface area contributed by atoms with Crippen LogP contribution in [0, 0.1) is 11.8 Å². The molecule has 1 aromatic heterocycles. The van der Waals surface area contributed by atoms with E-state index >= 15 is 0 Å². The molecule has 4 atom stereocenters. The number of alkyl carbamates (subject to hydrolysis) is 2. The Kier molecular flexibility index (Phi) is 13.3. The number of rotatable bonds is 12. The van der Waals surface area contributed by atoms with Gasteiger partial charge in [0.15, 0.2) is 0 Å². The summed E-state index contributed by atoms with van der Waals surface area (Å²) in [6, 6.07) is 18.8. The number of methoxy groups -OCH3 is 2. The van der Waals surface area contributed by atoms with E-state index in [2.05, 4.69) is 63.4 Å². The van der Waals surface area contributed by atoms with Crippen molar-refractivity contribution in [3.8, 4) is 33.5 Å². The predicted molar refractivity (Wildman–Crippen MR) is 249 cm³/mol. The zero-order valence-corrected chi connectivity index (χ0v) is 38.5. The highest BCUT2D eigenvalue weighted by Crippen LogP contribution is 2.55. The lowest BCUT2D eigenvalue weighted by molar-refractivity contribution is -0.139. The Morgan fingerprint density at radius 3 is 2.00 bits per heavy atom. The van der Waals surface area contributed by atoms with Gasteiger partial charge in [-0.1, -0.05) is 89.1 Å². The van der Waals surface area contributed by atoms with Crippen LogP contribution < -0.4 is 16.0 Å². The summed E-state index contributed by atoms with van der Waals surface area (Å²) in [4.78, 5) is 77.0. The van der Waals surface area contributed by atoms with Gasteiger partial charge in [0.25, 0.3) is 0 Å². The molecule has 344 valence electrons. The van der Waals surface area contributed by atoms with Crippen LogP contribution in [0.2, 0.25) is 0 Å². The van der Waals surface area contributed by atoms with Crippen molar-refractivity contribution in [2.24, 2.45) is 11.8 Å². The van der Waals surface area contributed by atoms with Crippen LogP contribution in [0.3, 0.4) is 0 Å². The van der Waals surface area contributed by atoms with E-state index in [0.29, 0.717) is 31.6 Å². The zero-order chi connectivity index (χ0) is 46.0. The molecular formula is C51H63N7O7. The average molecular weight is 886 g/mol. The van der Waals surface area contributed by atoms with Crippen molar-refractivity contribution in [2.75, 3.05) is 32.6 Å². The molecule has 0 radical (unpaired) electrons. The highest BCUT2D eigenvalue weighted by molar-refractivity contribution is 5.99. The van der Waals surface area contributed by atoms with Crippen molar-refractivity contribution < 1.29 is 33.4 Å². The minimum absolute atomic E-state index is 0.112. The number of aromatic amines is 1. The number of anilines is 1. The molecule has 4 aliphatic rings. The zero-order valence-electron chi connectivity index (χ0n) is 38.5. The van der Waals surface area contributed by atoms with Crippen LogP contribution >= 0.6 is 0 Å². The summed E-state index contributed by atoms with van der Waals surface area (Å²) < 4.78 is 9.56. The fourth-order valence-electron chi connectivity index (χ4n) is 10.9. The summed E-state index contributed by atoms with van der Waals surface area (Å²) in [7, 11) is 2.56. The normalized spacial score (nSPS) is 19.6. The molecule has 3 heterocycles. The van der Waals surface area contributed by atoms with E-state index < -0.39 is 30.3 Å². The number of aromatic nitrogens is 2. The molecule has 2 aliphatic carbocycles. The van der Waals surface area contributed by atoms with Crippen LogP contribution in [0.5, 0.6) is 0 Å². The molecule has 14 nitrogen and oxygen atoms in total. The minimum Gasteiger partial charge on any atom is -0.453 e. The summed E-state index contributed by atoms with van der Waals surface area (Å²) in [5.74, 6) is -0.231. The maximum Gasteiger partial charge on any atom is 0.407 e. The third-order valence-electron chi connectivity index (χ3n) is 14.3. The lowest BCUT2D eigenvalue weighted by atomic mass is 9.76. The Balaban J connectivity index is 1.02. The van der Waals surface area contributed by atoms with Gasteiger partial charge >= 0.3 is 12.2 Å². The van der Waals surface area contributed by atoms with E-state index in [1.165, 1.54) is 62.2 Å². The van der Waals surface area contributed by atoms with Gasteiger partial charge in [0.05, 0.1) is 32.2 Å². The summed E-state index contributed by atoms with van der Waals surface area (Å²) in [6.07, 6.45) is 10.3. The van der Waals surface area contributed by atoms with Crippen molar-refractivity contribution in [1.29, 1.82) is 0 Å². The van der Waals surface area contributed by atoms with Crippen LogP contribution in [-0.4, -0.2) is 95.1 Å². The van der Waals surface area contributed by atoms with E-state index in [0.717, 1.165) is 53.9 Å². The summed E-state index contributed by atoms with van der Waals surface area (Å²) in [5.41, 5.74) is 10.1. The molecule has 4 aromatic rings. The van der Waals surface area contributed by atoms with E-state index in [1.807, 2.05) is 57.0 Å². The van der Waals surface area contributed by atoms with Crippen LogP contribution in [0.1, 0.15) is 108 Å². The predicted octanol–water partition coefficient (Wildman–Crippen LogP) is 8.52. The Morgan fingerprint density at radius 2 is 1.34 bits per heavy atom. The second-order valence-electron chi connectivity index (χ2n) is 18.9. The van der Waals surface area contributed by atoms with Crippen LogP contribution in [-0.2, 0) is 35.7 Å². The molecule has 2 aliphatic heterocycles. The number of hydrogen-bond donors (Lipinski definition) is 4. The molecular weight excluding hydrogens is 823 g/mol. The summed E-state index contributed by atoms with van der Waals surface area (Å²) in [5, 5.41) is 8.50. The Hall–Kier alpha value is -6.18. The highest BCUT2D eigenvalue weighted by Gasteiger charge is 2.44. The average Bonchev–Trinajstić information content (AvgIpc) is 4.18. The van der Waals surface area contributed by atoms with E-state index in [1.54, 1.807) is 4.90 Å². The number of nitrogens with zero attached hydrogens (tertiary/aromatic N) is 3. The number of H-pyrrole nitrogens is 1. The van der Waals surface area contributed by atoms with Crippen molar-refractivity contribution in [3.63, 3.8) is 0 Å². The maximum absolute atomic E-state index is 13.8. The van der Waals surface area contributed by atoms with Crippen LogP contribution in [0.15, 0.2) is 66.9 Å². The van der Waals surface area contributed by atoms with Crippen molar-refractivity contribution in [3.05, 3.63) is 83.8 Å². The standard InChI is InChI=1S/C51H63N7O7/c1-30(2)43(55-49(62)64-5)47(60)57-26-10-14-40(57)45-52-29-39(54-45)33-18-16-32(17-19-33)37-21-20-36(38-22-25-51(42(37)38)23-7-8-24-51)34-12-9-13-35(28-34)53-46(59)41-15-11-27-58(41)48(61)44(31(3)4)56-50(63)65-6/h9,12-13,16-21,28-31,40-41,43-44H,7-8,10-11,14-15,22-27H2,1-6H3,(H,52,54)(H,53,59)(H,55,62)(H,56,63)/t40-,41-,43-,44-/m0/s1. The molecule has 3 fully saturated rings. The first kappa shape index (κ1) is 45.4. The number of likely N-dealkylation sites (tertiary alicyclic amines) is 2. The van der Waals surface area contributed by atoms with Gasteiger partial charge in [0.1, 0.15) is 23.9 Å². The number of amides is 5. The lowest BCUT2D eigenvalue weighted by Crippen LogP contribution is -2.54. The van der Waals surface area contributed by atoms with Gasteiger partial charge in [-0.05, 0) is 120 Å². The maximum atomic E-state index is 13.8. The third-order valence-corrected chi connectivity index (χ3v) is 14.3. The van der Waals surface area contributed by atoms with Gasteiger partial charge in [0, 0.05) is 18.8 Å². The second kappa shape index (κ2) is 19.1. The number of carbonyl (C=O) groups is 5. The first-order valence-corrected chi connectivity index (χ1v) is 23.4. The fourth-order valence-corrected chi connectivity index (χ4v) is 10.9. The molecule has 65 heavy (non-hydrogen) atoms. The van der Waals surface area contributed by atoms with Gasteiger partial charge in [-0.15, -0.1) is 0 Å². The minimum atomic E-state index is -0.800. The number of imidazole rings is 1. The van der Waals surface area contributed by atoms with E-state index in [4.69, 9.17) is 14.5 Å². The summed E-state index contributed by atoms with van der Waals surface area (Å²) in [6.45, 7) is 8.57. The molecule has 3 aromatic carbocycles. The van der Waals surface area contributed by atoms with Gasteiger partial charge < -0.3 is 40.2 Å². The smallest absolute Gasteiger partial charge is 0.407 e. The van der Waals surface area contributed by atoms with Crippen LogP contribution in [0.25, 0.3) is 33.5 Å². The first-order valence-electron chi connectivity index (χ1n) is 23.4. The second-order valence-corrected chi connectivity index (χ2v) is 18.9. The number of nitrogens with one attached hydrogen (secondary N) is 4. The van der Waals surface area contributed by atoms with Gasteiger partial charge in [-0.2, -0.15) is 0 Å². The number of hydrogen-bond acceptors (Lipinski definition) is 8. The topological polar surface area (TPSA) is 175 Å². The van der Waals surface area contributed by atoms with E-state index in [-0.39, 0.29) is 41.0 Å². The number of benzene rings is 3. The molecule has 14 heteroatoms. The Morgan fingerprint density at radius 1 is 0.723 bits per heavy atom. The first-order chi connectivity index (χ1) is 31.3. The molecule has 0 bridgehead atoms. The molecule has 4 N–H and O–H groups in total. The van der Waals surface area contributed by atoms with Crippen molar-refractivity contribution in [2.45, 2.75) is 121 Å². The Labute approximate surface area is 381 Å². The van der Waals surface area contributed by atoms with Crippen molar-refractivity contribution >= 4 is 35.6 Å². The fraction of sp³-hybridized carbons (Fsp3) is 0.490. The number of fused-ring (bicyclic) bond motifs is 2. The molecule has 5 amide bonds. The summed E-state index contributed by atoms with van der Waals surface area (Å²) >= 11 is 0. The quantitative estimate of drug-likeness (QED) is 0.110. The highest BCUT2D eigenvalue weighted by atomic mass is 16.5. The number of ether oxygens (including phenoxy) is 2. The largest absolute Gasteiger partial charge is 0.453 e. The number of carbonyl (C=O) groups excluding carboxylic acids is 5. The van der Waals surface area contributed by atoms with Gasteiger partial charge in [-0.3, -0.25) is 14.4 Å². The molecule has 1 saturated carbocycles. The van der Waals surface area contributed by atoms with E-state index in [9.17, 15) is 24.0 Å². The molecule has 1 spiro atoms. The van der Waals surface area contributed by atoms with Crippen LogP contribution in [0.4, 0.5) is 15.3 Å². The van der Waals surface area contributed by atoms with Gasteiger partial charge in [-0.25, -0.2) is 14.6 Å². The third kappa shape index (κ3) is 9.09. The molecule has 2 saturated heterocycles. The molecule has 8 rings (SSSR count). The van der Waals surface area contributed by atoms with Crippen molar-refractivity contribution in [1.82, 2.24) is 30.4 Å². The van der Waals surface area contributed by atoms with Gasteiger partial charge in [0.2, 0.25) is 17.7 Å². The lowest BCUT2D eigenvalue weighted by Gasteiger charge is -2.30. The monoisotopic (exact) mass is 885 g/mol. The SMILES string of the molecule is COC(=O)N[C@H](C(=O)N1CCC[C@H]1C(=O)Nc1cccc(-c2ccc(-c3ccc(-c4cnc([C@@H]5CCCN5C(=O)[C@@H](NC(=O)OC)C(C)C)[nH]4)cc3)c3c2CCC32CCCC2)c1)C(C)C. The Bertz CT molecular complexity index is 2420. The molecule has 0 unspecified atom stereocenters.